The summed E-state index contributed by atoms with van der Waals surface area (Å²) in [6.45, 7) is 2.92. The van der Waals surface area contributed by atoms with Crippen molar-refractivity contribution in [2.45, 2.75) is 13.0 Å². The highest BCUT2D eigenvalue weighted by Gasteiger charge is 2.17. The number of ether oxygens (including phenoxy) is 4. The minimum Gasteiger partial charge on any atom is -0.493 e. The molecule has 1 atom stereocenters. The highest BCUT2D eigenvalue weighted by Crippen LogP contribution is 2.32. The average molecular weight is 343 g/mol. The minimum atomic E-state index is -0.194. The molecule has 1 aliphatic rings. The van der Waals surface area contributed by atoms with Crippen LogP contribution >= 0.6 is 0 Å². The molecule has 1 N–H and O–H groups in total. The number of benzene rings is 2. The number of methoxy groups -OCH3 is 2. The molecule has 25 heavy (non-hydrogen) atoms. The zero-order valence-electron chi connectivity index (χ0n) is 14.5. The molecule has 0 spiro atoms. The lowest BCUT2D eigenvalue weighted by Gasteiger charge is -2.20. The van der Waals surface area contributed by atoms with Crippen LogP contribution in [0.5, 0.6) is 23.0 Å². The Morgan fingerprint density at radius 1 is 1.00 bits per heavy atom. The molecule has 0 fully saturated rings. The van der Waals surface area contributed by atoms with Gasteiger partial charge in [0.15, 0.2) is 23.0 Å². The molecule has 132 valence electrons. The van der Waals surface area contributed by atoms with Crippen molar-refractivity contribution in [3.05, 3.63) is 47.5 Å². The van der Waals surface area contributed by atoms with Gasteiger partial charge in [0, 0.05) is 5.56 Å². The highest BCUT2D eigenvalue weighted by molar-refractivity contribution is 5.95. The van der Waals surface area contributed by atoms with Crippen LogP contribution < -0.4 is 24.3 Å². The van der Waals surface area contributed by atoms with E-state index in [-0.39, 0.29) is 11.9 Å². The Kier molecular flexibility index (Phi) is 4.97. The number of fused-ring (bicyclic) bond motifs is 1. The molecule has 6 heteroatoms. The number of hydrogen-bond donors (Lipinski definition) is 1. The SMILES string of the molecule is COc1ccc(C(C)NC(=O)c2ccc3c(c2)OCCO3)cc1OC. The van der Waals surface area contributed by atoms with Gasteiger partial charge < -0.3 is 24.3 Å². The first-order chi connectivity index (χ1) is 12.1. The van der Waals surface area contributed by atoms with Crippen LogP contribution in [0.1, 0.15) is 28.9 Å². The zero-order valence-corrected chi connectivity index (χ0v) is 14.5. The third kappa shape index (κ3) is 3.63. The molecule has 2 aromatic carbocycles. The van der Waals surface area contributed by atoms with Crippen LogP contribution in [0.3, 0.4) is 0 Å². The summed E-state index contributed by atoms with van der Waals surface area (Å²) in [7, 11) is 3.17. The number of amides is 1. The first kappa shape index (κ1) is 17.0. The van der Waals surface area contributed by atoms with E-state index in [1.807, 2.05) is 25.1 Å². The molecule has 6 nitrogen and oxygen atoms in total. The van der Waals surface area contributed by atoms with Crippen LogP contribution in [0.4, 0.5) is 0 Å². The van der Waals surface area contributed by atoms with Crippen molar-refractivity contribution in [3.8, 4) is 23.0 Å². The van der Waals surface area contributed by atoms with E-state index in [1.165, 1.54) is 0 Å². The zero-order chi connectivity index (χ0) is 17.8. The maximum absolute atomic E-state index is 12.5. The van der Waals surface area contributed by atoms with E-state index in [2.05, 4.69) is 5.32 Å². The number of carbonyl (C=O) groups is 1. The number of nitrogens with one attached hydrogen (secondary N) is 1. The Balaban J connectivity index is 1.74. The predicted molar refractivity (Wildman–Crippen MR) is 92.9 cm³/mol. The lowest BCUT2D eigenvalue weighted by atomic mass is 10.1. The Morgan fingerprint density at radius 3 is 2.44 bits per heavy atom. The first-order valence-corrected chi connectivity index (χ1v) is 8.05. The molecule has 0 aromatic heterocycles. The second kappa shape index (κ2) is 7.34. The molecule has 1 amide bonds. The van der Waals surface area contributed by atoms with Gasteiger partial charge in [0.2, 0.25) is 0 Å². The lowest BCUT2D eigenvalue weighted by molar-refractivity contribution is 0.0938. The number of hydrogen-bond acceptors (Lipinski definition) is 5. The quantitative estimate of drug-likeness (QED) is 0.904. The molecule has 0 aliphatic carbocycles. The van der Waals surface area contributed by atoms with E-state index in [0.717, 1.165) is 5.56 Å². The van der Waals surface area contributed by atoms with Gasteiger partial charge >= 0.3 is 0 Å². The molecule has 0 saturated heterocycles. The molecular formula is C19H21NO5. The monoisotopic (exact) mass is 343 g/mol. The number of carbonyl (C=O) groups excluding carboxylic acids is 1. The van der Waals surface area contributed by atoms with Gasteiger partial charge in [0.05, 0.1) is 20.3 Å². The largest absolute Gasteiger partial charge is 0.493 e. The summed E-state index contributed by atoms with van der Waals surface area (Å²) in [5, 5.41) is 2.98. The van der Waals surface area contributed by atoms with Gasteiger partial charge in [0.1, 0.15) is 13.2 Å². The number of rotatable bonds is 5. The van der Waals surface area contributed by atoms with Crippen molar-refractivity contribution in [3.63, 3.8) is 0 Å². The summed E-state index contributed by atoms with van der Waals surface area (Å²) >= 11 is 0. The van der Waals surface area contributed by atoms with Gasteiger partial charge in [0.25, 0.3) is 5.91 Å². The fraction of sp³-hybridized carbons (Fsp3) is 0.316. The molecule has 3 rings (SSSR count). The Hall–Kier alpha value is -2.89. The standard InChI is InChI=1S/C19H21NO5/c1-12(13-4-6-15(22-2)17(10-13)23-3)20-19(21)14-5-7-16-18(11-14)25-9-8-24-16/h4-7,10-12H,8-9H2,1-3H3,(H,20,21). The van der Waals surface area contributed by atoms with E-state index < -0.39 is 0 Å². The van der Waals surface area contributed by atoms with E-state index in [4.69, 9.17) is 18.9 Å². The van der Waals surface area contributed by atoms with E-state index in [9.17, 15) is 4.79 Å². The van der Waals surface area contributed by atoms with Gasteiger partial charge in [-0.05, 0) is 42.8 Å². The summed E-state index contributed by atoms with van der Waals surface area (Å²) in [6, 6.07) is 10.6. The Labute approximate surface area is 146 Å². The first-order valence-electron chi connectivity index (χ1n) is 8.05. The summed E-state index contributed by atoms with van der Waals surface area (Å²) in [5.41, 5.74) is 1.44. The Morgan fingerprint density at radius 2 is 1.72 bits per heavy atom. The van der Waals surface area contributed by atoms with Crippen molar-refractivity contribution in [2.24, 2.45) is 0 Å². The van der Waals surface area contributed by atoms with Gasteiger partial charge in [-0.25, -0.2) is 0 Å². The van der Waals surface area contributed by atoms with E-state index in [0.29, 0.717) is 41.8 Å². The van der Waals surface area contributed by atoms with Crippen LogP contribution in [-0.4, -0.2) is 33.3 Å². The van der Waals surface area contributed by atoms with E-state index >= 15 is 0 Å². The van der Waals surface area contributed by atoms with Gasteiger partial charge in [-0.1, -0.05) is 6.07 Å². The maximum Gasteiger partial charge on any atom is 0.251 e. The summed E-state index contributed by atoms with van der Waals surface area (Å²) in [4.78, 5) is 12.5. The topological polar surface area (TPSA) is 66.0 Å². The van der Waals surface area contributed by atoms with Crippen molar-refractivity contribution >= 4 is 5.91 Å². The van der Waals surface area contributed by atoms with Crippen LogP contribution in [0.15, 0.2) is 36.4 Å². The van der Waals surface area contributed by atoms with Crippen LogP contribution in [-0.2, 0) is 0 Å². The molecule has 0 saturated carbocycles. The Bertz CT molecular complexity index is 774. The van der Waals surface area contributed by atoms with Crippen molar-refractivity contribution in [1.82, 2.24) is 5.32 Å². The molecule has 2 aromatic rings. The van der Waals surface area contributed by atoms with Crippen molar-refractivity contribution < 1.29 is 23.7 Å². The smallest absolute Gasteiger partial charge is 0.251 e. The molecule has 1 heterocycles. The maximum atomic E-state index is 12.5. The van der Waals surface area contributed by atoms with E-state index in [1.54, 1.807) is 32.4 Å². The second-order valence-electron chi connectivity index (χ2n) is 5.67. The molecule has 0 radical (unpaired) electrons. The van der Waals surface area contributed by atoms with Gasteiger partial charge in [-0.3, -0.25) is 4.79 Å². The highest BCUT2D eigenvalue weighted by atomic mass is 16.6. The van der Waals surface area contributed by atoms with Crippen molar-refractivity contribution in [2.75, 3.05) is 27.4 Å². The second-order valence-corrected chi connectivity index (χ2v) is 5.67. The summed E-state index contributed by atoms with van der Waals surface area (Å²) in [5.74, 6) is 2.35. The van der Waals surface area contributed by atoms with Crippen LogP contribution in [0.25, 0.3) is 0 Å². The summed E-state index contributed by atoms with van der Waals surface area (Å²) in [6.07, 6.45) is 0. The minimum absolute atomic E-state index is 0.181. The predicted octanol–water partition coefficient (Wildman–Crippen LogP) is 2.97. The van der Waals surface area contributed by atoms with Gasteiger partial charge in [-0.15, -0.1) is 0 Å². The third-order valence-corrected chi connectivity index (χ3v) is 4.06. The summed E-state index contributed by atoms with van der Waals surface area (Å²) < 4.78 is 21.5. The molecular weight excluding hydrogens is 322 g/mol. The van der Waals surface area contributed by atoms with Crippen LogP contribution in [0.2, 0.25) is 0 Å². The van der Waals surface area contributed by atoms with Gasteiger partial charge in [-0.2, -0.15) is 0 Å². The fourth-order valence-electron chi connectivity index (χ4n) is 2.67. The fourth-order valence-corrected chi connectivity index (χ4v) is 2.67. The molecule has 1 unspecified atom stereocenters. The molecule has 1 aliphatic heterocycles. The normalized spacial score (nSPS) is 13.7. The molecule has 0 bridgehead atoms. The lowest BCUT2D eigenvalue weighted by Crippen LogP contribution is -2.27. The third-order valence-electron chi connectivity index (χ3n) is 4.06. The van der Waals surface area contributed by atoms with Crippen LogP contribution in [0, 0.1) is 0 Å². The van der Waals surface area contributed by atoms with Crippen molar-refractivity contribution in [1.29, 1.82) is 0 Å². The average Bonchev–Trinajstić information content (AvgIpc) is 2.66.